The van der Waals surface area contributed by atoms with E-state index in [1.165, 1.54) is 0 Å². The zero-order chi connectivity index (χ0) is 10.3. The van der Waals surface area contributed by atoms with E-state index < -0.39 is 10.3 Å². The third-order valence-electron chi connectivity index (χ3n) is 1.72. The average molecular weight is 266 g/mol. The zero-order valence-electron chi connectivity index (χ0n) is 8.15. The van der Waals surface area contributed by atoms with Gasteiger partial charge in [-0.1, -0.05) is 26.2 Å². The first-order valence-corrected chi connectivity index (χ1v) is 6.24. The van der Waals surface area contributed by atoms with Gasteiger partial charge in [-0.15, -0.1) is 24.0 Å². The maximum Gasteiger partial charge on any atom is 0.337 e. The number of hydrogen-bond acceptors (Lipinski definition) is 2. The highest BCUT2D eigenvalue weighted by atomic mass is 35.5. The smallest absolute Gasteiger partial charge is 0.273 e. The summed E-state index contributed by atoms with van der Waals surface area (Å²) in [4.78, 5) is 0. The predicted molar refractivity (Wildman–Crippen MR) is 60.4 cm³/mol. The Balaban J connectivity index is 0. The number of alkyl halides is 1. The van der Waals surface area contributed by atoms with E-state index in [2.05, 4.69) is 6.92 Å². The van der Waals surface area contributed by atoms with Crippen LogP contribution in [0.4, 0.5) is 0 Å². The van der Waals surface area contributed by atoms with E-state index in [1.807, 2.05) is 0 Å². The molecule has 0 saturated heterocycles. The van der Waals surface area contributed by atoms with Crippen molar-refractivity contribution in [3.63, 3.8) is 0 Å². The normalized spacial score (nSPS) is 11.4. The first-order valence-electron chi connectivity index (χ1n) is 4.31. The summed E-state index contributed by atoms with van der Waals surface area (Å²) in [5.74, 6) is 0. The van der Waals surface area contributed by atoms with Gasteiger partial charge in [-0.25, -0.2) is 0 Å². The highest BCUT2D eigenvalue weighted by Crippen LogP contribution is 2.05. The highest BCUT2D eigenvalue weighted by molar-refractivity contribution is 7.83. The van der Waals surface area contributed by atoms with Crippen LogP contribution in [0.2, 0.25) is 0 Å². The van der Waals surface area contributed by atoms with E-state index in [-0.39, 0.29) is 18.4 Å². The second kappa shape index (κ2) is 8.73. The van der Waals surface area contributed by atoms with E-state index >= 15 is 0 Å². The first kappa shape index (κ1) is 16.9. The summed E-state index contributed by atoms with van der Waals surface area (Å²) in [5, 5.41) is 0. The van der Waals surface area contributed by atoms with Crippen LogP contribution in [-0.2, 0) is 10.3 Å². The lowest BCUT2D eigenvalue weighted by molar-refractivity contribution is 0.371. The summed E-state index contributed by atoms with van der Waals surface area (Å²) in [7, 11) is -4.10. The molecule has 0 atom stereocenters. The van der Waals surface area contributed by atoms with Gasteiger partial charge in [0, 0.05) is 6.54 Å². The molecule has 0 aliphatic carbocycles. The highest BCUT2D eigenvalue weighted by Gasteiger charge is 2.16. The Morgan fingerprint density at radius 2 is 1.86 bits per heavy atom. The van der Waals surface area contributed by atoms with E-state index in [4.69, 9.17) is 16.2 Å². The van der Waals surface area contributed by atoms with E-state index in [1.54, 1.807) is 0 Å². The summed E-state index contributed by atoms with van der Waals surface area (Å²) in [6.45, 7) is 2.37. The summed E-state index contributed by atoms with van der Waals surface area (Å²) in [6.07, 6.45) is 3.86. The van der Waals surface area contributed by atoms with Crippen LogP contribution in [0.3, 0.4) is 0 Å². The molecule has 0 aromatic heterocycles. The van der Waals surface area contributed by atoms with Crippen molar-refractivity contribution in [1.82, 2.24) is 4.31 Å². The molecule has 1 N–H and O–H groups in total. The lowest BCUT2D eigenvalue weighted by Crippen LogP contribution is -2.30. The van der Waals surface area contributed by atoms with Crippen molar-refractivity contribution in [1.29, 1.82) is 0 Å². The van der Waals surface area contributed by atoms with Crippen molar-refractivity contribution in [3.05, 3.63) is 0 Å². The van der Waals surface area contributed by atoms with Crippen LogP contribution in [0.5, 0.6) is 0 Å². The Kier molecular flexibility index (Phi) is 10.5. The molecule has 0 spiro atoms. The number of nitrogens with zero attached hydrogens (tertiary/aromatic N) is 1. The molecule has 0 fully saturated rings. The summed E-state index contributed by atoms with van der Waals surface area (Å²) in [6, 6.07) is -0.190. The van der Waals surface area contributed by atoms with Crippen LogP contribution >= 0.6 is 24.0 Å². The SMILES string of the molecule is CCCCCCN(CCl)S(=O)(=O)O.Cl. The number of halogens is 2. The molecule has 0 aromatic carbocycles. The Hall–Kier alpha value is 0.450. The molecule has 88 valence electrons. The average Bonchev–Trinajstić information content (AvgIpc) is 2.02. The molecular formula is C7H17Cl2NO3S. The van der Waals surface area contributed by atoms with E-state index in [0.29, 0.717) is 6.54 Å². The zero-order valence-corrected chi connectivity index (χ0v) is 10.5. The maximum absolute atomic E-state index is 10.6. The maximum atomic E-state index is 10.6. The van der Waals surface area contributed by atoms with Gasteiger partial charge in [-0.3, -0.25) is 4.55 Å². The van der Waals surface area contributed by atoms with Crippen LogP contribution in [0.1, 0.15) is 32.6 Å². The molecule has 4 nitrogen and oxygen atoms in total. The Morgan fingerprint density at radius 1 is 1.29 bits per heavy atom. The second-order valence-electron chi connectivity index (χ2n) is 2.83. The van der Waals surface area contributed by atoms with Crippen LogP contribution in [0.25, 0.3) is 0 Å². The van der Waals surface area contributed by atoms with Gasteiger partial charge >= 0.3 is 10.3 Å². The summed E-state index contributed by atoms with van der Waals surface area (Å²) < 4.78 is 30.7. The number of rotatable bonds is 7. The van der Waals surface area contributed by atoms with Gasteiger partial charge in [-0.05, 0) is 6.42 Å². The molecule has 0 bridgehead atoms. The van der Waals surface area contributed by atoms with Crippen molar-refractivity contribution in [3.8, 4) is 0 Å². The monoisotopic (exact) mass is 265 g/mol. The molecule has 0 unspecified atom stereocenters. The van der Waals surface area contributed by atoms with E-state index in [0.717, 1.165) is 30.0 Å². The second-order valence-corrected chi connectivity index (χ2v) is 4.48. The van der Waals surface area contributed by atoms with Gasteiger partial charge < -0.3 is 0 Å². The first-order chi connectivity index (χ1) is 6.02. The van der Waals surface area contributed by atoms with Crippen molar-refractivity contribution < 1.29 is 13.0 Å². The molecule has 7 heteroatoms. The van der Waals surface area contributed by atoms with Gasteiger partial charge in [0.25, 0.3) is 0 Å². The molecule has 0 amide bonds. The fourth-order valence-corrected chi connectivity index (χ4v) is 1.92. The minimum absolute atomic E-state index is 0. The molecule has 0 radical (unpaired) electrons. The van der Waals surface area contributed by atoms with Gasteiger partial charge in [0.05, 0.1) is 6.00 Å². The molecule has 0 rings (SSSR count). The Morgan fingerprint density at radius 3 is 2.21 bits per heavy atom. The standard InChI is InChI=1S/C7H16ClNO3S.ClH/c1-2-3-4-5-6-9(7-8)13(10,11)12;/h2-7H2,1H3,(H,10,11,12);1H. The van der Waals surface area contributed by atoms with Crippen LogP contribution < -0.4 is 0 Å². The minimum atomic E-state index is -4.10. The molecule has 14 heavy (non-hydrogen) atoms. The fourth-order valence-electron chi connectivity index (χ4n) is 0.952. The van der Waals surface area contributed by atoms with Crippen molar-refractivity contribution in [2.24, 2.45) is 0 Å². The lowest BCUT2D eigenvalue weighted by atomic mass is 10.2. The molecule has 0 aromatic rings. The van der Waals surface area contributed by atoms with Crippen molar-refractivity contribution in [2.45, 2.75) is 32.6 Å². The molecule has 0 aliphatic heterocycles. The molecule has 0 saturated carbocycles. The number of hydrogen-bond donors (Lipinski definition) is 1. The topological polar surface area (TPSA) is 57.6 Å². The van der Waals surface area contributed by atoms with Gasteiger partial charge in [0.15, 0.2) is 0 Å². The number of unbranched alkanes of at least 4 members (excludes halogenated alkanes) is 3. The molecule has 0 heterocycles. The predicted octanol–water partition coefficient (Wildman–Crippen LogP) is 2.29. The Bertz CT molecular complexity index is 221. The fraction of sp³-hybridized carbons (Fsp3) is 1.00. The Labute approximate surface area is 96.9 Å². The van der Waals surface area contributed by atoms with Crippen molar-refractivity contribution >= 4 is 34.3 Å². The van der Waals surface area contributed by atoms with Crippen LogP contribution in [0.15, 0.2) is 0 Å². The van der Waals surface area contributed by atoms with Crippen LogP contribution in [0, 0.1) is 0 Å². The molecule has 0 aliphatic rings. The third-order valence-corrected chi connectivity index (χ3v) is 3.12. The summed E-state index contributed by atoms with van der Waals surface area (Å²) in [5.41, 5.74) is 0. The lowest BCUT2D eigenvalue weighted by Gasteiger charge is -2.14. The van der Waals surface area contributed by atoms with Crippen LogP contribution in [-0.4, -0.2) is 29.8 Å². The minimum Gasteiger partial charge on any atom is -0.273 e. The summed E-state index contributed by atoms with van der Waals surface area (Å²) >= 11 is 5.35. The van der Waals surface area contributed by atoms with Gasteiger partial charge in [0.1, 0.15) is 0 Å². The van der Waals surface area contributed by atoms with Gasteiger partial charge in [0.2, 0.25) is 0 Å². The van der Waals surface area contributed by atoms with E-state index in [9.17, 15) is 8.42 Å². The third kappa shape index (κ3) is 7.82. The van der Waals surface area contributed by atoms with Crippen molar-refractivity contribution in [2.75, 3.05) is 12.5 Å². The quantitative estimate of drug-likeness (QED) is 0.333. The van der Waals surface area contributed by atoms with Gasteiger partial charge in [-0.2, -0.15) is 12.7 Å². The largest absolute Gasteiger partial charge is 0.337 e. The molecular weight excluding hydrogens is 249 g/mol.